The molecule has 2 aromatic rings. The second-order valence-corrected chi connectivity index (χ2v) is 6.57. The molecule has 1 aliphatic heterocycles. The van der Waals surface area contributed by atoms with Gasteiger partial charge in [0.2, 0.25) is 5.82 Å². The fourth-order valence-corrected chi connectivity index (χ4v) is 2.87. The van der Waals surface area contributed by atoms with Gasteiger partial charge in [0.25, 0.3) is 5.91 Å². The summed E-state index contributed by atoms with van der Waals surface area (Å²) in [6.07, 6.45) is -4.10. The molecule has 1 amide bonds. The SMILES string of the molecule is C[C@H]1CN(C(=O)c2ccc3nc(C(F)(F)F)[nH]c3c2)CC[C@@]1(C)O. The normalized spacial score (nSPS) is 25.2. The Kier molecular flexibility index (Phi) is 3.82. The number of H-pyrrole nitrogens is 1. The summed E-state index contributed by atoms with van der Waals surface area (Å²) < 4.78 is 38.1. The highest BCUT2D eigenvalue weighted by molar-refractivity contribution is 5.97. The molecule has 1 saturated heterocycles. The van der Waals surface area contributed by atoms with Crippen LogP contribution in [0.2, 0.25) is 0 Å². The highest BCUT2D eigenvalue weighted by atomic mass is 19.4. The zero-order valence-electron chi connectivity index (χ0n) is 13.3. The fraction of sp³-hybridized carbons (Fsp3) is 0.500. The molecule has 1 aromatic heterocycles. The molecular weight excluding hydrogens is 323 g/mol. The molecule has 3 rings (SSSR count). The molecule has 0 spiro atoms. The van der Waals surface area contributed by atoms with Gasteiger partial charge in [0, 0.05) is 24.6 Å². The number of nitrogens with one attached hydrogen (secondary N) is 1. The Labute approximate surface area is 136 Å². The Morgan fingerprint density at radius 3 is 2.79 bits per heavy atom. The summed E-state index contributed by atoms with van der Waals surface area (Å²) in [6.45, 7) is 4.42. The predicted molar refractivity (Wildman–Crippen MR) is 81.4 cm³/mol. The van der Waals surface area contributed by atoms with Crippen molar-refractivity contribution in [1.82, 2.24) is 14.9 Å². The van der Waals surface area contributed by atoms with Crippen LogP contribution in [0.4, 0.5) is 13.2 Å². The van der Waals surface area contributed by atoms with Gasteiger partial charge in [-0.1, -0.05) is 6.92 Å². The second-order valence-electron chi connectivity index (χ2n) is 6.57. The van der Waals surface area contributed by atoms with Crippen molar-refractivity contribution in [2.24, 2.45) is 5.92 Å². The van der Waals surface area contributed by atoms with E-state index in [4.69, 9.17) is 0 Å². The number of benzene rings is 1. The van der Waals surface area contributed by atoms with Gasteiger partial charge in [0.05, 0.1) is 16.6 Å². The smallest absolute Gasteiger partial charge is 0.390 e. The largest absolute Gasteiger partial charge is 0.449 e. The van der Waals surface area contributed by atoms with E-state index in [0.717, 1.165) is 0 Å². The van der Waals surface area contributed by atoms with Gasteiger partial charge in [-0.05, 0) is 31.5 Å². The Morgan fingerprint density at radius 1 is 1.46 bits per heavy atom. The third kappa shape index (κ3) is 2.98. The number of carbonyl (C=O) groups is 1. The highest BCUT2D eigenvalue weighted by Crippen LogP contribution is 2.30. The van der Waals surface area contributed by atoms with Crippen molar-refractivity contribution in [2.75, 3.05) is 13.1 Å². The quantitative estimate of drug-likeness (QED) is 0.838. The third-order valence-electron chi connectivity index (χ3n) is 4.73. The highest BCUT2D eigenvalue weighted by Gasteiger charge is 2.37. The number of amides is 1. The number of nitrogens with zero attached hydrogens (tertiary/aromatic N) is 2. The van der Waals surface area contributed by atoms with Gasteiger partial charge in [0.1, 0.15) is 0 Å². The molecule has 1 aliphatic rings. The predicted octanol–water partition coefficient (Wildman–Crippen LogP) is 2.81. The van der Waals surface area contributed by atoms with E-state index in [-0.39, 0.29) is 22.9 Å². The van der Waals surface area contributed by atoms with Gasteiger partial charge in [-0.3, -0.25) is 4.79 Å². The van der Waals surface area contributed by atoms with Gasteiger partial charge in [-0.2, -0.15) is 13.2 Å². The topological polar surface area (TPSA) is 69.2 Å². The van der Waals surface area contributed by atoms with E-state index in [9.17, 15) is 23.1 Å². The minimum Gasteiger partial charge on any atom is -0.390 e. The second kappa shape index (κ2) is 5.47. The molecule has 1 aromatic carbocycles. The number of fused-ring (bicyclic) bond motifs is 1. The van der Waals surface area contributed by atoms with Gasteiger partial charge in [-0.25, -0.2) is 4.98 Å². The van der Waals surface area contributed by atoms with E-state index >= 15 is 0 Å². The van der Waals surface area contributed by atoms with Crippen LogP contribution in [0.25, 0.3) is 11.0 Å². The Balaban J connectivity index is 1.85. The van der Waals surface area contributed by atoms with E-state index in [1.54, 1.807) is 11.8 Å². The molecule has 1 fully saturated rings. The van der Waals surface area contributed by atoms with Crippen LogP contribution in [0, 0.1) is 5.92 Å². The zero-order chi connectivity index (χ0) is 17.7. The summed E-state index contributed by atoms with van der Waals surface area (Å²) >= 11 is 0. The maximum Gasteiger partial charge on any atom is 0.449 e. The Bertz CT molecular complexity index is 782. The number of hydrogen-bond acceptors (Lipinski definition) is 3. The number of aliphatic hydroxyl groups is 1. The van der Waals surface area contributed by atoms with Crippen LogP contribution in [0.15, 0.2) is 18.2 Å². The number of imidazole rings is 1. The van der Waals surface area contributed by atoms with Crippen molar-refractivity contribution in [1.29, 1.82) is 0 Å². The average Bonchev–Trinajstić information content (AvgIpc) is 2.92. The summed E-state index contributed by atoms with van der Waals surface area (Å²) in [5.41, 5.74) is -0.182. The number of alkyl halides is 3. The lowest BCUT2D eigenvalue weighted by atomic mass is 9.84. The van der Waals surface area contributed by atoms with Crippen LogP contribution in [0.5, 0.6) is 0 Å². The average molecular weight is 341 g/mol. The van der Waals surface area contributed by atoms with E-state index in [0.29, 0.717) is 25.1 Å². The first-order chi connectivity index (χ1) is 11.1. The first-order valence-electron chi connectivity index (χ1n) is 7.66. The zero-order valence-corrected chi connectivity index (χ0v) is 13.3. The third-order valence-corrected chi connectivity index (χ3v) is 4.73. The lowest BCUT2D eigenvalue weighted by Crippen LogP contribution is -2.50. The van der Waals surface area contributed by atoms with Crippen LogP contribution >= 0.6 is 0 Å². The first-order valence-corrected chi connectivity index (χ1v) is 7.66. The van der Waals surface area contributed by atoms with E-state index < -0.39 is 17.6 Å². The van der Waals surface area contributed by atoms with Crippen molar-refractivity contribution in [3.8, 4) is 0 Å². The van der Waals surface area contributed by atoms with Crippen LogP contribution in [0.1, 0.15) is 36.5 Å². The molecule has 8 heteroatoms. The van der Waals surface area contributed by atoms with Crippen molar-refractivity contribution in [3.05, 3.63) is 29.6 Å². The monoisotopic (exact) mass is 341 g/mol. The Hall–Kier alpha value is -2.09. The molecule has 0 saturated carbocycles. The number of aromatic nitrogens is 2. The van der Waals surface area contributed by atoms with Gasteiger partial charge < -0.3 is 15.0 Å². The lowest BCUT2D eigenvalue weighted by molar-refractivity contribution is -0.144. The molecule has 0 unspecified atom stereocenters. The van der Waals surface area contributed by atoms with Gasteiger partial charge >= 0.3 is 6.18 Å². The number of carbonyl (C=O) groups excluding carboxylic acids is 1. The van der Waals surface area contributed by atoms with Crippen molar-refractivity contribution in [3.63, 3.8) is 0 Å². The summed E-state index contributed by atoms with van der Waals surface area (Å²) in [4.78, 5) is 19.9. The first kappa shape index (κ1) is 16.8. The van der Waals surface area contributed by atoms with E-state index in [1.165, 1.54) is 18.2 Å². The van der Waals surface area contributed by atoms with Gasteiger partial charge in [0.15, 0.2) is 0 Å². The molecule has 130 valence electrons. The van der Waals surface area contributed by atoms with Crippen LogP contribution < -0.4 is 0 Å². The van der Waals surface area contributed by atoms with Crippen LogP contribution in [0.3, 0.4) is 0 Å². The fourth-order valence-electron chi connectivity index (χ4n) is 2.87. The number of piperidine rings is 1. The molecule has 2 N–H and O–H groups in total. The molecule has 0 radical (unpaired) electrons. The van der Waals surface area contributed by atoms with Crippen molar-refractivity contribution in [2.45, 2.75) is 32.0 Å². The van der Waals surface area contributed by atoms with Gasteiger partial charge in [-0.15, -0.1) is 0 Å². The molecular formula is C16H18F3N3O2. The standard InChI is InChI=1S/C16H18F3N3O2/c1-9-8-22(6-5-15(9,2)24)13(23)10-3-4-11-12(7-10)21-14(20-11)16(17,18)19/h3-4,7,9,24H,5-6,8H2,1-2H3,(H,20,21)/t9-,15+/m0/s1. The minimum atomic E-state index is -4.56. The van der Waals surface area contributed by atoms with Crippen LogP contribution in [-0.2, 0) is 6.18 Å². The number of rotatable bonds is 1. The summed E-state index contributed by atoms with van der Waals surface area (Å²) in [5, 5.41) is 10.2. The summed E-state index contributed by atoms with van der Waals surface area (Å²) in [7, 11) is 0. The number of likely N-dealkylation sites (tertiary alicyclic amines) is 1. The summed E-state index contributed by atoms with van der Waals surface area (Å²) in [6, 6.07) is 4.26. The molecule has 2 heterocycles. The van der Waals surface area contributed by atoms with Crippen LogP contribution in [-0.4, -0.2) is 44.6 Å². The molecule has 5 nitrogen and oxygen atoms in total. The number of aromatic amines is 1. The molecule has 24 heavy (non-hydrogen) atoms. The van der Waals surface area contributed by atoms with Crippen molar-refractivity contribution < 1.29 is 23.1 Å². The maximum absolute atomic E-state index is 12.7. The van der Waals surface area contributed by atoms with E-state index in [2.05, 4.69) is 9.97 Å². The Morgan fingerprint density at radius 2 is 2.17 bits per heavy atom. The summed E-state index contributed by atoms with van der Waals surface area (Å²) in [5.74, 6) is -1.42. The number of hydrogen-bond donors (Lipinski definition) is 2. The number of halogens is 3. The minimum absolute atomic E-state index is 0.0806. The lowest BCUT2D eigenvalue weighted by Gasteiger charge is -2.41. The molecule has 2 atom stereocenters. The maximum atomic E-state index is 12.7. The van der Waals surface area contributed by atoms with Crippen molar-refractivity contribution >= 4 is 16.9 Å². The van der Waals surface area contributed by atoms with E-state index in [1.807, 2.05) is 6.92 Å². The molecule has 0 bridgehead atoms. The molecule has 0 aliphatic carbocycles.